The predicted molar refractivity (Wildman–Crippen MR) is 136 cm³/mol. The van der Waals surface area contributed by atoms with Gasteiger partial charge >= 0.3 is 5.97 Å². The number of hydrogen-bond donors (Lipinski definition) is 2. The lowest BCUT2D eigenvalue weighted by Crippen LogP contribution is -2.36. The summed E-state index contributed by atoms with van der Waals surface area (Å²) in [5, 5.41) is 13.0. The third-order valence-corrected chi connectivity index (χ3v) is 6.08. The van der Waals surface area contributed by atoms with Crippen molar-refractivity contribution < 1.29 is 33.8 Å². The molecule has 0 radical (unpaired) electrons. The number of benzene rings is 3. The van der Waals surface area contributed by atoms with Crippen molar-refractivity contribution in [3.63, 3.8) is 0 Å². The molecular formula is C26H22N2O7S. The van der Waals surface area contributed by atoms with E-state index < -0.39 is 36.2 Å². The zero-order valence-electron chi connectivity index (χ0n) is 19.2. The van der Waals surface area contributed by atoms with Crippen molar-refractivity contribution in [2.24, 2.45) is 0 Å². The summed E-state index contributed by atoms with van der Waals surface area (Å²) in [4.78, 5) is 50.2. The first-order valence-corrected chi connectivity index (χ1v) is 11.8. The van der Waals surface area contributed by atoms with Gasteiger partial charge < -0.3 is 19.9 Å². The Morgan fingerprint density at radius 1 is 1.03 bits per heavy atom. The highest BCUT2D eigenvalue weighted by atomic mass is 32.2. The van der Waals surface area contributed by atoms with Crippen molar-refractivity contribution in [1.82, 2.24) is 4.90 Å². The predicted octanol–water partition coefficient (Wildman–Crippen LogP) is 4.38. The van der Waals surface area contributed by atoms with Gasteiger partial charge in [0.2, 0.25) is 5.91 Å². The molecule has 0 bridgehead atoms. The number of imide groups is 1. The molecule has 10 heteroatoms. The fourth-order valence-corrected chi connectivity index (χ4v) is 4.48. The van der Waals surface area contributed by atoms with E-state index in [9.17, 15) is 19.2 Å². The lowest BCUT2D eigenvalue weighted by atomic mass is 10.1. The SMILES string of the molecule is CCOc1cccc(/C=C2\SC(=O)N(CC(=O)Nc3cccc4ccccc34)C2=O)c1OCC(=O)O. The number of carboxylic acid groups (broad SMARTS) is 1. The van der Waals surface area contributed by atoms with Crippen LogP contribution in [0.1, 0.15) is 12.5 Å². The van der Waals surface area contributed by atoms with Gasteiger partial charge in [-0.2, -0.15) is 0 Å². The van der Waals surface area contributed by atoms with Crippen LogP contribution in [-0.4, -0.2) is 52.8 Å². The van der Waals surface area contributed by atoms with Crippen molar-refractivity contribution in [3.8, 4) is 11.5 Å². The Hall–Kier alpha value is -4.31. The lowest BCUT2D eigenvalue weighted by Gasteiger charge is -2.14. The Bertz CT molecular complexity index is 1380. The lowest BCUT2D eigenvalue weighted by molar-refractivity contribution is -0.139. The number of hydrogen-bond acceptors (Lipinski definition) is 7. The molecule has 9 nitrogen and oxygen atoms in total. The number of rotatable bonds is 9. The topological polar surface area (TPSA) is 122 Å². The molecule has 1 aliphatic heterocycles. The molecule has 0 atom stereocenters. The largest absolute Gasteiger partial charge is 0.490 e. The second-order valence-corrected chi connectivity index (χ2v) is 8.63. The fourth-order valence-electron chi connectivity index (χ4n) is 3.65. The molecular weight excluding hydrogens is 484 g/mol. The number of para-hydroxylation sites is 1. The molecule has 3 amide bonds. The van der Waals surface area contributed by atoms with Crippen LogP contribution in [0, 0.1) is 0 Å². The van der Waals surface area contributed by atoms with Gasteiger partial charge in [0.05, 0.1) is 11.5 Å². The van der Waals surface area contributed by atoms with Crippen molar-refractivity contribution >= 4 is 57.3 Å². The van der Waals surface area contributed by atoms with E-state index in [4.69, 9.17) is 14.6 Å². The molecule has 0 aliphatic carbocycles. The number of aliphatic carboxylic acids is 1. The summed E-state index contributed by atoms with van der Waals surface area (Å²) in [7, 11) is 0. The normalized spacial score (nSPS) is 14.4. The molecule has 3 aromatic rings. The monoisotopic (exact) mass is 506 g/mol. The highest BCUT2D eigenvalue weighted by Gasteiger charge is 2.36. The highest BCUT2D eigenvalue weighted by Crippen LogP contribution is 2.37. The fraction of sp³-hybridized carbons (Fsp3) is 0.154. The number of carbonyl (C=O) groups is 4. The highest BCUT2D eigenvalue weighted by molar-refractivity contribution is 8.18. The van der Waals surface area contributed by atoms with Gasteiger partial charge in [0.1, 0.15) is 6.54 Å². The first-order valence-electron chi connectivity index (χ1n) is 11.0. The molecule has 1 saturated heterocycles. The molecule has 184 valence electrons. The number of fused-ring (bicyclic) bond motifs is 1. The number of anilines is 1. The molecule has 1 aliphatic rings. The van der Waals surface area contributed by atoms with Crippen LogP contribution in [0.4, 0.5) is 10.5 Å². The molecule has 0 saturated carbocycles. The van der Waals surface area contributed by atoms with E-state index in [-0.39, 0.29) is 10.7 Å². The molecule has 0 spiro atoms. The molecule has 0 unspecified atom stereocenters. The maximum Gasteiger partial charge on any atom is 0.341 e. The maximum atomic E-state index is 13.0. The van der Waals surface area contributed by atoms with E-state index in [2.05, 4.69) is 5.32 Å². The Kier molecular flexibility index (Phi) is 7.55. The molecule has 4 rings (SSSR count). The number of amides is 3. The number of nitrogens with zero attached hydrogens (tertiary/aromatic N) is 1. The minimum atomic E-state index is -1.18. The zero-order chi connectivity index (χ0) is 25.7. The number of thioether (sulfide) groups is 1. The quantitative estimate of drug-likeness (QED) is 0.410. The summed E-state index contributed by atoms with van der Waals surface area (Å²) in [6.45, 7) is 1.02. The van der Waals surface area contributed by atoms with Crippen molar-refractivity contribution in [1.29, 1.82) is 0 Å². The van der Waals surface area contributed by atoms with Gasteiger partial charge in [-0.1, -0.05) is 48.5 Å². The first kappa shape index (κ1) is 24.8. The summed E-state index contributed by atoms with van der Waals surface area (Å²) >= 11 is 0.686. The van der Waals surface area contributed by atoms with Gasteiger partial charge in [-0.05, 0) is 42.3 Å². The van der Waals surface area contributed by atoms with E-state index in [1.165, 1.54) is 6.08 Å². The van der Waals surface area contributed by atoms with Gasteiger partial charge in [0.25, 0.3) is 11.1 Å². The maximum absolute atomic E-state index is 13.0. The van der Waals surface area contributed by atoms with Gasteiger partial charge in [0.15, 0.2) is 18.1 Å². The molecule has 36 heavy (non-hydrogen) atoms. The molecule has 2 N–H and O–H groups in total. The van der Waals surface area contributed by atoms with E-state index in [0.29, 0.717) is 35.4 Å². The molecule has 0 aromatic heterocycles. The Morgan fingerprint density at radius 2 is 1.78 bits per heavy atom. The van der Waals surface area contributed by atoms with Crippen LogP contribution in [0.2, 0.25) is 0 Å². The van der Waals surface area contributed by atoms with Crippen LogP contribution in [0.3, 0.4) is 0 Å². The van der Waals surface area contributed by atoms with Crippen LogP contribution in [0.25, 0.3) is 16.8 Å². The zero-order valence-corrected chi connectivity index (χ0v) is 20.0. The van der Waals surface area contributed by atoms with Crippen LogP contribution in [0.15, 0.2) is 65.6 Å². The van der Waals surface area contributed by atoms with Gasteiger partial charge in [-0.25, -0.2) is 4.79 Å². The smallest absolute Gasteiger partial charge is 0.341 e. The van der Waals surface area contributed by atoms with Gasteiger partial charge in [-0.3, -0.25) is 19.3 Å². The Balaban J connectivity index is 1.53. The standard InChI is InChI=1S/C26H22N2O7S/c1-2-34-20-12-6-9-17(24(20)35-15-23(30)31)13-21-25(32)28(26(33)36-21)14-22(29)27-19-11-5-8-16-7-3-4-10-18(16)19/h3-13H,2,14-15H2,1H3,(H,27,29)(H,30,31)/b21-13-. The minimum absolute atomic E-state index is 0.0757. The van der Waals surface area contributed by atoms with E-state index in [0.717, 1.165) is 15.7 Å². The van der Waals surface area contributed by atoms with E-state index in [1.807, 2.05) is 30.3 Å². The Labute approximate surface area is 210 Å². The molecule has 1 heterocycles. The minimum Gasteiger partial charge on any atom is -0.490 e. The summed E-state index contributed by atoms with van der Waals surface area (Å²) < 4.78 is 10.9. The van der Waals surface area contributed by atoms with Crippen molar-refractivity contribution in [3.05, 3.63) is 71.1 Å². The van der Waals surface area contributed by atoms with Crippen molar-refractivity contribution in [2.75, 3.05) is 25.1 Å². The van der Waals surface area contributed by atoms with Crippen LogP contribution in [-0.2, 0) is 14.4 Å². The van der Waals surface area contributed by atoms with E-state index in [1.54, 1.807) is 37.3 Å². The van der Waals surface area contributed by atoms with Gasteiger partial charge in [0, 0.05) is 16.6 Å². The van der Waals surface area contributed by atoms with Gasteiger partial charge in [-0.15, -0.1) is 0 Å². The average molecular weight is 507 g/mol. The van der Waals surface area contributed by atoms with Crippen molar-refractivity contribution in [2.45, 2.75) is 6.92 Å². The van der Waals surface area contributed by atoms with E-state index >= 15 is 0 Å². The second-order valence-electron chi connectivity index (χ2n) is 7.63. The van der Waals surface area contributed by atoms with Crippen LogP contribution in [0.5, 0.6) is 11.5 Å². The number of ether oxygens (including phenoxy) is 2. The summed E-state index contributed by atoms with van der Waals surface area (Å²) in [6, 6.07) is 17.9. The third kappa shape index (κ3) is 5.49. The van der Waals surface area contributed by atoms with Crippen LogP contribution < -0.4 is 14.8 Å². The summed E-state index contributed by atoms with van der Waals surface area (Å²) in [6.07, 6.45) is 1.42. The molecule has 1 fully saturated rings. The average Bonchev–Trinajstić information content (AvgIpc) is 3.11. The molecule has 3 aromatic carbocycles. The second kappa shape index (κ2) is 11.0. The third-order valence-electron chi connectivity index (χ3n) is 5.17. The summed E-state index contributed by atoms with van der Waals surface area (Å²) in [5.74, 6) is -1.88. The Morgan fingerprint density at radius 3 is 2.56 bits per heavy atom. The summed E-state index contributed by atoms with van der Waals surface area (Å²) in [5.41, 5.74) is 0.946. The van der Waals surface area contributed by atoms with Crippen LogP contribution >= 0.6 is 11.8 Å². The number of carbonyl (C=O) groups excluding carboxylic acids is 3. The number of carboxylic acids is 1. The first-order chi connectivity index (χ1) is 17.4. The number of nitrogens with one attached hydrogen (secondary N) is 1.